The molecule has 1 aromatic carbocycles. The van der Waals surface area contributed by atoms with Crippen LogP contribution in [0.3, 0.4) is 0 Å². The third-order valence-electron chi connectivity index (χ3n) is 4.29. The Balaban J connectivity index is 1.87. The Morgan fingerprint density at radius 2 is 2.12 bits per heavy atom. The van der Waals surface area contributed by atoms with E-state index in [-0.39, 0.29) is 29.8 Å². The first-order valence-corrected chi connectivity index (χ1v) is 10.2. The number of nitrogens with zero attached hydrogens (tertiary/aromatic N) is 4. The summed E-state index contributed by atoms with van der Waals surface area (Å²) in [5.74, 6) is 0.620. The van der Waals surface area contributed by atoms with Crippen molar-refractivity contribution in [3.63, 3.8) is 0 Å². The van der Waals surface area contributed by atoms with Crippen LogP contribution in [0.15, 0.2) is 18.2 Å². The highest BCUT2D eigenvalue weighted by Crippen LogP contribution is 2.28. The fourth-order valence-electron chi connectivity index (χ4n) is 3.02. The Labute approximate surface area is 151 Å². The van der Waals surface area contributed by atoms with Crippen molar-refractivity contribution in [1.29, 1.82) is 5.26 Å². The zero-order chi connectivity index (χ0) is 18.6. The molecule has 0 saturated carbocycles. The van der Waals surface area contributed by atoms with Crippen molar-refractivity contribution < 1.29 is 12.8 Å². The molecule has 1 aromatic heterocycles. The molecule has 138 valence electrons. The summed E-state index contributed by atoms with van der Waals surface area (Å²) in [5, 5.41) is 16.8. The first-order valence-electron chi connectivity index (χ1n) is 8.59. The normalized spacial score (nSPS) is 14.3. The minimum absolute atomic E-state index is 0.159. The lowest BCUT2D eigenvalue weighted by molar-refractivity contribution is 0.598. The van der Waals surface area contributed by atoms with Gasteiger partial charge in [0, 0.05) is 25.1 Å². The quantitative estimate of drug-likeness (QED) is 0.780. The third kappa shape index (κ3) is 4.19. The van der Waals surface area contributed by atoms with Gasteiger partial charge in [-0.1, -0.05) is 6.42 Å². The van der Waals surface area contributed by atoms with Crippen LogP contribution in [0.2, 0.25) is 0 Å². The van der Waals surface area contributed by atoms with E-state index in [1.165, 1.54) is 18.2 Å². The van der Waals surface area contributed by atoms with Crippen LogP contribution in [0.1, 0.15) is 37.9 Å². The van der Waals surface area contributed by atoms with E-state index in [0.717, 1.165) is 38.1 Å². The highest BCUT2D eigenvalue weighted by Gasteiger charge is 2.20. The molecule has 0 bridgehead atoms. The molecule has 2 heterocycles. The van der Waals surface area contributed by atoms with Crippen molar-refractivity contribution in [3.8, 4) is 17.5 Å². The van der Waals surface area contributed by atoms with Gasteiger partial charge in [0.25, 0.3) is 0 Å². The number of hydrogen-bond donors (Lipinski definition) is 1. The summed E-state index contributed by atoms with van der Waals surface area (Å²) in [6.07, 6.45) is 4.32. The number of anilines is 1. The van der Waals surface area contributed by atoms with E-state index in [1.54, 1.807) is 0 Å². The summed E-state index contributed by atoms with van der Waals surface area (Å²) >= 11 is 0. The second-order valence-corrected chi connectivity index (χ2v) is 8.12. The van der Waals surface area contributed by atoms with Crippen LogP contribution in [-0.2, 0) is 23.0 Å². The zero-order valence-corrected chi connectivity index (χ0v) is 15.1. The van der Waals surface area contributed by atoms with Crippen LogP contribution < -0.4 is 4.72 Å². The number of aryl methyl sites for hydroxylation is 1. The molecule has 1 aliphatic rings. The van der Waals surface area contributed by atoms with Gasteiger partial charge in [-0.15, -0.1) is 10.2 Å². The number of halogens is 1. The highest BCUT2D eigenvalue weighted by molar-refractivity contribution is 7.92. The van der Waals surface area contributed by atoms with Crippen molar-refractivity contribution in [3.05, 3.63) is 29.8 Å². The summed E-state index contributed by atoms with van der Waals surface area (Å²) in [6, 6.07) is 5.96. The van der Waals surface area contributed by atoms with E-state index in [4.69, 9.17) is 5.26 Å². The Morgan fingerprint density at radius 1 is 1.27 bits per heavy atom. The minimum Gasteiger partial charge on any atom is -0.311 e. The molecule has 9 heteroatoms. The number of nitrogens with one attached hydrogen (secondary N) is 1. The molecule has 7 nitrogen and oxygen atoms in total. The van der Waals surface area contributed by atoms with Crippen molar-refractivity contribution >= 4 is 15.7 Å². The van der Waals surface area contributed by atoms with Crippen molar-refractivity contribution in [2.75, 3.05) is 10.5 Å². The molecule has 26 heavy (non-hydrogen) atoms. The van der Waals surface area contributed by atoms with E-state index < -0.39 is 15.8 Å². The largest absolute Gasteiger partial charge is 0.311 e. The maximum atomic E-state index is 14.4. The van der Waals surface area contributed by atoms with E-state index in [0.29, 0.717) is 5.82 Å². The minimum atomic E-state index is -3.59. The maximum absolute atomic E-state index is 14.4. The number of benzene rings is 1. The molecule has 0 atom stereocenters. The zero-order valence-electron chi connectivity index (χ0n) is 14.3. The molecule has 0 spiro atoms. The van der Waals surface area contributed by atoms with E-state index in [9.17, 15) is 12.8 Å². The number of fused-ring (bicyclic) bond motifs is 1. The first-order chi connectivity index (χ1) is 12.5. The molecular weight excluding hydrogens is 357 g/mol. The van der Waals surface area contributed by atoms with Gasteiger partial charge in [0.1, 0.15) is 11.6 Å². The standard InChI is InChI=1S/C17H20FN5O2S/c18-15-8-7-13(22-26(24,25)11-5-3-9-19)12-14(15)17-21-20-16-6-2-1-4-10-23(16)17/h7-8,12,22H,1-6,10-11H2. The molecule has 0 amide bonds. The van der Waals surface area contributed by atoms with E-state index in [1.807, 2.05) is 10.6 Å². The first kappa shape index (κ1) is 18.3. The van der Waals surface area contributed by atoms with Gasteiger partial charge < -0.3 is 4.57 Å². The summed E-state index contributed by atoms with van der Waals surface area (Å²) in [6.45, 7) is 0.723. The summed E-state index contributed by atoms with van der Waals surface area (Å²) in [7, 11) is -3.59. The van der Waals surface area contributed by atoms with Crippen LogP contribution in [-0.4, -0.2) is 28.9 Å². The van der Waals surface area contributed by atoms with Gasteiger partial charge in [0.15, 0.2) is 5.82 Å². The number of nitriles is 1. The van der Waals surface area contributed by atoms with Gasteiger partial charge in [-0.2, -0.15) is 5.26 Å². The third-order valence-corrected chi connectivity index (χ3v) is 5.66. The fraction of sp³-hybridized carbons (Fsp3) is 0.471. The molecule has 3 rings (SSSR count). The summed E-state index contributed by atoms with van der Waals surface area (Å²) in [4.78, 5) is 0. The molecule has 1 N–H and O–H groups in total. The molecular formula is C17H20FN5O2S. The van der Waals surface area contributed by atoms with Crippen LogP contribution in [0.4, 0.5) is 10.1 Å². The monoisotopic (exact) mass is 377 g/mol. The molecule has 0 saturated heterocycles. The smallest absolute Gasteiger partial charge is 0.232 e. The van der Waals surface area contributed by atoms with Crippen LogP contribution in [0.5, 0.6) is 0 Å². The molecule has 0 unspecified atom stereocenters. The highest BCUT2D eigenvalue weighted by atomic mass is 32.2. The Hall–Kier alpha value is -2.47. The predicted molar refractivity (Wildman–Crippen MR) is 95.2 cm³/mol. The number of rotatable bonds is 6. The molecule has 0 radical (unpaired) electrons. The number of hydrogen-bond acceptors (Lipinski definition) is 5. The molecule has 0 fully saturated rings. The maximum Gasteiger partial charge on any atom is 0.232 e. The van der Waals surface area contributed by atoms with Gasteiger partial charge in [-0.25, -0.2) is 12.8 Å². The van der Waals surface area contributed by atoms with Gasteiger partial charge in [-0.3, -0.25) is 4.72 Å². The second-order valence-electron chi connectivity index (χ2n) is 6.28. The Kier molecular flexibility index (Phi) is 5.52. The fourth-order valence-corrected chi connectivity index (χ4v) is 4.13. The average molecular weight is 377 g/mol. The van der Waals surface area contributed by atoms with Crippen molar-refractivity contribution in [2.24, 2.45) is 0 Å². The summed E-state index contributed by atoms with van der Waals surface area (Å²) in [5.41, 5.74) is 0.493. The molecule has 0 aliphatic carbocycles. The van der Waals surface area contributed by atoms with Gasteiger partial charge in [-0.05, 0) is 37.5 Å². The van der Waals surface area contributed by atoms with Gasteiger partial charge >= 0.3 is 0 Å². The van der Waals surface area contributed by atoms with Crippen LogP contribution in [0, 0.1) is 17.1 Å². The summed E-state index contributed by atoms with van der Waals surface area (Å²) < 4.78 is 42.9. The molecule has 2 aromatic rings. The predicted octanol–water partition coefficient (Wildman–Crippen LogP) is 2.86. The number of unbranched alkanes of at least 4 members (excludes halogenated alkanes) is 1. The number of aromatic nitrogens is 3. The topological polar surface area (TPSA) is 101 Å². The SMILES string of the molecule is N#CCCCS(=O)(=O)Nc1ccc(F)c(-c2nnc3n2CCCCC3)c1. The van der Waals surface area contributed by atoms with Gasteiger partial charge in [0.05, 0.1) is 17.4 Å². The Bertz CT molecular complexity index is 933. The Morgan fingerprint density at radius 3 is 2.92 bits per heavy atom. The average Bonchev–Trinajstić information content (AvgIpc) is 2.84. The second kappa shape index (κ2) is 7.83. The van der Waals surface area contributed by atoms with Crippen LogP contribution in [0.25, 0.3) is 11.4 Å². The lowest BCUT2D eigenvalue weighted by Gasteiger charge is -2.11. The molecule has 1 aliphatic heterocycles. The number of sulfonamides is 1. The van der Waals surface area contributed by atoms with E-state index in [2.05, 4.69) is 14.9 Å². The van der Waals surface area contributed by atoms with E-state index >= 15 is 0 Å². The van der Waals surface area contributed by atoms with Gasteiger partial charge in [0.2, 0.25) is 10.0 Å². The lowest BCUT2D eigenvalue weighted by Crippen LogP contribution is -2.16. The lowest BCUT2D eigenvalue weighted by atomic mass is 10.1. The van der Waals surface area contributed by atoms with Crippen molar-refractivity contribution in [1.82, 2.24) is 14.8 Å². The van der Waals surface area contributed by atoms with Crippen molar-refractivity contribution in [2.45, 2.75) is 45.1 Å². The van der Waals surface area contributed by atoms with Crippen LogP contribution >= 0.6 is 0 Å².